The maximum Gasteiger partial charge on any atom is -0.00663 e. The highest BCUT2D eigenvalue weighted by molar-refractivity contribution is 5.19. The van der Waals surface area contributed by atoms with Crippen LogP contribution in [0.4, 0.5) is 0 Å². The van der Waals surface area contributed by atoms with Crippen LogP contribution in [0.1, 0.15) is 12.8 Å². The summed E-state index contributed by atoms with van der Waals surface area (Å²) in [6, 6.07) is 0. The molecule has 0 spiro atoms. The highest BCUT2D eigenvalue weighted by Gasteiger charge is 1.91. The van der Waals surface area contributed by atoms with Crippen LogP contribution in [0.2, 0.25) is 0 Å². The van der Waals surface area contributed by atoms with E-state index in [1.54, 1.807) is 0 Å². The maximum absolute atomic E-state index is 3.62. The van der Waals surface area contributed by atoms with Crippen molar-refractivity contribution < 1.29 is 0 Å². The molecule has 0 nitrogen and oxygen atoms in total. The average Bonchev–Trinajstić information content (AvgIpc) is 2.14. The molecule has 0 aromatic rings. The molecule has 0 aliphatic heterocycles. The lowest BCUT2D eigenvalue weighted by atomic mass is 10.2. The van der Waals surface area contributed by atoms with Gasteiger partial charge in [0.15, 0.2) is 0 Å². The topological polar surface area (TPSA) is 0 Å². The van der Waals surface area contributed by atoms with Gasteiger partial charge in [0.2, 0.25) is 0 Å². The zero-order valence-electron chi connectivity index (χ0n) is 4.28. The predicted octanol–water partition coefficient (Wildman–Crippen LogP) is 2.05. The van der Waals surface area contributed by atoms with E-state index in [2.05, 4.69) is 18.4 Å². The van der Waals surface area contributed by atoms with Crippen LogP contribution in [0.25, 0.3) is 0 Å². The molecule has 0 unspecified atom stereocenters. The summed E-state index contributed by atoms with van der Waals surface area (Å²) in [6.07, 6.45) is 6.21. The van der Waals surface area contributed by atoms with Crippen molar-refractivity contribution in [2.24, 2.45) is 0 Å². The summed E-state index contributed by atoms with van der Waals surface area (Å²) in [5.41, 5.74) is 4.33. The first-order chi connectivity index (χ1) is 3.43. The summed E-state index contributed by atoms with van der Waals surface area (Å²) in [5, 5.41) is 0. The van der Waals surface area contributed by atoms with Gasteiger partial charge in [0.1, 0.15) is 0 Å². The van der Waals surface area contributed by atoms with Crippen molar-refractivity contribution in [2.45, 2.75) is 12.8 Å². The van der Waals surface area contributed by atoms with Crippen LogP contribution in [0.15, 0.2) is 30.0 Å². The van der Waals surface area contributed by atoms with Gasteiger partial charge in [-0.15, -0.1) is 5.73 Å². The van der Waals surface area contributed by atoms with Gasteiger partial charge in [-0.1, -0.05) is 12.7 Å². The number of allylic oxidation sites excluding steroid dienone is 2. The minimum atomic E-state index is 1.14. The average molecular weight is 92.1 g/mol. The van der Waals surface area contributed by atoms with Crippen LogP contribution < -0.4 is 0 Å². The Morgan fingerprint density at radius 2 is 2.71 bits per heavy atom. The first-order valence-electron chi connectivity index (χ1n) is 2.50. The molecule has 0 fully saturated rings. The van der Waals surface area contributed by atoms with Gasteiger partial charge in [-0.05, 0) is 24.5 Å². The van der Waals surface area contributed by atoms with Crippen LogP contribution in [0.3, 0.4) is 0 Å². The van der Waals surface area contributed by atoms with Gasteiger partial charge in [0.05, 0.1) is 0 Å². The first-order valence-corrected chi connectivity index (χ1v) is 2.50. The lowest BCUT2D eigenvalue weighted by Crippen LogP contribution is -1.64. The smallest absolute Gasteiger partial charge is 0.00663 e. The SMILES string of the molecule is C=CC1=C=CCC1. The molecule has 0 aromatic heterocycles. The normalized spacial score (nSPS) is 16.9. The van der Waals surface area contributed by atoms with E-state index in [0.717, 1.165) is 12.8 Å². The Labute approximate surface area is 43.9 Å². The van der Waals surface area contributed by atoms with Crippen molar-refractivity contribution >= 4 is 0 Å². The van der Waals surface area contributed by atoms with Gasteiger partial charge in [-0.3, -0.25) is 0 Å². The van der Waals surface area contributed by atoms with Crippen molar-refractivity contribution in [3.05, 3.63) is 30.0 Å². The van der Waals surface area contributed by atoms with Crippen LogP contribution >= 0.6 is 0 Å². The Balaban J connectivity index is 2.72. The molecule has 0 radical (unpaired) electrons. The maximum atomic E-state index is 3.62. The van der Waals surface area contributed by atoms with E-state index in [-0.39, 0.29) is 0 Å². The van der Waals surface area contributed by atoms with Crippen molar-refractivity contribution in [3.63, 3.8) is 0 Å². The highest BCUT2D eigenvalue weighted by atomic mass is 14.0. The van der Waals surface area contributed by atoms with Gasteiger partial charge in [0.25, 0.3) is 0 Å². The fourth-order valence-electron chi connectivity index (χ4n) is 0.664. The van der Waals surface area contributed by atoms with E-state index in [1.165, 1.54) is 5.57 Å². The summed E-state index contributed by atoms with van der Waals surface area (Å²) in [7, 11) is 0. The van der Waals surface area contributed by atoms with Gasteiger partial charge < -0.3 is 0 Å². The van der Waals surface area contributed by atoms with E-state index in [9.17, 15) is 0 Å². The third-order valence-corrected chi connectivity index (χ3v) is 1.09. The van der Waals surface area contributed by atoms with Gasteiger partial charge in [-0.2, -0.15) is 0 Å². The molecular weight excluding hydrogens is 84.1 g/mol. The zero-order chi connectivity index (χ0) is 5.11. The summed E-state index contributed by atoms with van der Waals surface area (Å²) in [4.78, 5) is 0. The summed E-state index contributed by atoms with van der Waals surface area (Å²) in [6.45, 7) is 3.62. The second kappa shape index (κ2) is 1.81. The van der Waals surface area contributed by atoms with E-state index in [1.807, 2.05) is 6.08 Å². The summed E-state index contributed by atoms with van der Waals surface area (Å²) < 4.78 is 0. The van der Waals surface area contributed by atoms with E-state index in [4.69, 9.17) is 0 Å². The van der Waals surface area contributed by atoms with Crippen LogP contribution in [0.5, 0.6) is 0 Å². The molecule has 0 atom stereocenters. The molecule has 1 rings (SSSR count). The van der Waals surface area contributed by atoms with Crippen LogP contribution in [0, 0.1) is 0 Å². The first kappa shape index (κ1) is 4.42. The minimum absolute atomic E-state index is 1.14. The molecule has 0 heteroatoms. The van der Waals surface area contributed by atoms with Crippen molar-refractivity contribution in [3.8, 4) is 0 Å². The van der Waals surface area contributed by atoms with Crippen molar-refractivity contribution in [1.82, 2.24) is 0 Å². The standard InChI is InChI=1S/C7H8/c1-2-7-5-3-4-6-7/h2-3H,1,4,6H2. The number of hydrogen-bond acceptors (Lipinski definition) is 0. The molecule has 0 saturated carbocycles. The second-order valence-corrected chi connectivity index (χ2v) is 1.62. The lowest BCUT2D eigenvalue weighted by Gasteiger charge is -1.82. The Morgan fingerprint density at radius 3 is 3.00 bits per heavy atom. The summed E-state index contributed by atoms with van der Waals surface area (Å²) in [5.74, 6) is 0. The minimum Gasteiger partial charge on any atom is -0.122 e. The quantitative estimate of drug-likeness (QED) is 0.434. The number of hydrogen-bond donors (Lipinski definition) is 0. The van der Waals surface area contributed by atoms with Crippen LogP contribution in [-0.2, 0) is 0 Å². The molecule has 7 heavy (non-hydrogen) atoms. The Hall–Kier alpha value is -0.740. The fraction of sp³-hybridized carbons (Fsp3) is 0.286. The van der Waals surface area contributed by atoms with Crippen molar-refractivity contribution in [2.75, 3.05) is 0 Å². The third kappa shape index (κ3) is 0.819. The largest absolute Gasteiger partial charge is 0.122 e. The predicted molar refractivity (Wildman–Crippen MR) is 31.0 cm³/mol. The molecule has 36 valence electrons. The molecular formula is C7H8. The van der Waals surface area contributed by atoms with Crippen molar-refractivity contribution in [1.29, 1.82) is 0 Å². The molecule has 1 aliphatic carbocycles. The van der Waals surface area contributed by atoms with Gasteiger partial charge >= 0.3 is 0 Å². The molecule has 0 N–H and O–H groups in total. The molecule has 1 aliphatic rings. The molecule has 0 aromatic carbocycles. The molecule has 0 heterocycles. The van der Waals surface area contributed by atoms with E-state index < -0.39 is 0 Å². The Bertz CT molecular complexity index is 134. The molecule has 0 bridgehead atoms. The fourth-order valence-corrected chi connectivity index (χ4v) is 0.664. The Kier molecular flexibility index (Phi) is 1.14. The van der Waals surface area contributed by atoms with Gasteiger partial charge in [-0.25, -0.2) is 0 Å². The third-order valence-electron chi connectivity index (χ3n) is 1.09. The zero-order valence-corrected chi connectivity index (χ0v) is 4.28. The summed E-state index contributed by atoms with van der Waals surface area (Å²) >= 11 is 0. The lowest BCUT2D eigenvalue weighted by molar-refractivity contribution is 1.05. The van der Waals surface area contributed by atoms with E-state index in [0.29, 0.717) is 0 Å². The van der Waals surface area contributed by atoms with Crippen LogP contribution in [-0.4, -0.2) is 0 Å². The Morgan fingerprint density at radius 1 is 1.86 bits per heavy atom. The van der Waals surface area contributed by atoms with E-state index >= 15 is 0 Å². The highest BCUT2D eigenvalue weighted by Crippen LogP contribution is 2.10. The molecule has 0 saturated heterocycles. The molecule has 0 amide bonds. The number of rotatable bonds is 1. The second-order valence-electron chi connectivity index (χ2n) is 1.62. The van der Waals surface area contributed by atoms with Gasteiger partial charge in [0, 0.05) is 0 Å². The monoisotopic (exact) mass is 92.1 g/mol.